The molecule has 3 rings (SSSR count). The third kappa shape index (κ3) is 6.01. The Morgan fingerprint density at radius 1 is 1.30 bits per heavy atom. The Hall–Kier alpha value is -1.99. The highest BCUT2D eigenvalue weighted by atomic mass is 19.1. The average molecular weight is 376 g/mol. The third-order valence-electron chi connectivity index (χ3n) is 5.49. The van der Waals surface area contributed by atoms with Gasteiger partial charge < -0.3 is 10.2 Å². The monoisotopic (exact) mass is 376 g/mol. The minimum atomic E-state index is -0.669. The molecule has 1 aliphatic heterocycles. The second-order valence-electron chi connectivity index (χ2n) is 7.66. The molecule has 0 unspecified atom stereocenters. The Morgan fingerprint density at radius 2 is 2.11 bits per heavy atom. The van der Waals surface area contributed by atoms with Gasteiger partial charge in [0.15, 0.2) is 11.6 Å². The summed E-state index contributed by atoms with van der Waals surface area (Å²) in [5, 5.41) is 11.7. The van der Waals surface area contributed by atoms with Gasteiger partial charge in [0, 0.05) is 31.4 Å². The van der Waals surface area contributed by atoms with Crippen molar-refractivity contribution in [3.05, 3.63) is 29.7 Å². The number of pyridine rings is 1. The van der Waals surface area contributed by atoms with Gasteiger partial charge in [-0.05, 0) is 55.9 Å². The fourth-order valence-corrected chi connectivity index (χ4v) is 4.13. The maximum atomic E-state index is 14.4. The molecule has 1 aliphatic carbocycles. The Bertz CT molecular complexity index is 661. The lowest BCUT2D eigenvalue weighted by molar-refractivity contribution is -0.124. The zero-order valence-corrected chi connectivity index (χ0v) is 15.7. The minimum Gasteiger partial charge on any atom is -0.364 e. The molecule has 27 heavy (non-hydrogen) atoms. The van der Waals surface area contributed by atoms with Crippen LogP contribution in [0.4, 0.5) is 10.2 Å². The third-order valence-corrected chi connectivity index (χ3v) is 5.49. The number of hydrogen-bond acceptors (Lipinski definition) is 5. The first kappa shape index (κ1) is 19.8. The first-order valence-corrected chi connectivity index (χ1v) is 9.90. The van der Waals surface area contributed by atoms with Gasteiger partial charge in [0.05, 0.1) is 0 Å². The SMILES string of the molecule is O=C(C=Cc1cnc(N[C@@H]2CCCN(CC3CCCCC3)C2)c(F)c1)NO. The van der Waals surface area contributed by atoms with Crippen LogP contribution in [0.25, 0.3) is 6.08 Å². The highest BCUT2D eigenvalue weighted by Gasteiger charge is 2.24. The Morgan fingerprint density at radius 3 is 2.85 bits per heavy atom. The number of aromatic nitrogens is 1. The van der Waals surface area contributed by atoms with Gasteiger partial charge in [-0.3, -0.25) is 10.0 Å². The molecule has 2 fully saturated rings. The standard InChI is InChI=1S/C20H29FN4O2/c21-18-11-16(8-9-19(26)24-27)12-22-20(18)23-17-7-4-10-25(14-17)13-15-5-2-1-3-6-15/h8-9,11-12,15,17,27H,1-7,10,13-14H2,(H,22,23)(H,24,26)/t17-/m1/s1. The maximum absolute atomic E-state index is 14.4. The lowest BCUT2D eigenvalue weighted by atomic mass is 9.88. The summed E-state index contributed by atoms with van der Waals surface area (Å²) >= 11 is 0. The average Bonchev–Trinajstić information content (AvgIpc) is 2.69. The summed E-state index contributed by atoms with van der Waals surface area (Å²) in [6.07, 6.45) is 12.9. The van der Waals surface area contributed by atoms with Crippen molar-refractivity contribution in [3.8, 4) is 0 Å². The fraction of sp³-hybridized carbons (Fsp3) is 0.600. The van der Waals surface area contributed by atoms with E-state index < -0.39 is 11.7 Å². The maximum Gasteiger partial charge on any atom is 0.267 e. The number of rotatable bonds is 6. The summed E-state index contributed by atoms with van der Waals surface area (Å²) in [6, 6.07) is 1.53. The molecule has 1 saturated carbocycles. The van der Waals surface area contributed by atoms with E-state index in [0.717, 1.165) is 44.5 Å². The van der Waals surface area contributed by atoms with Gasteiger partial charge in [-0.2, -0.15) is 0 Å². The zero-order valence-electron chi connectivity index (χ0n) is 15.7. The van der Waals surface area contributed by atoms with Crippen LogP contribution in [-0.4, -0.2) is 46.7 Å². The summed E-state index contributed by atoms with van der Waals surface area (Å²) in [7, 11) is 0. The summed E-state index contributed by atoms with van der Waals surface area (Å²) in [6.45, 7) is 3.21. The highest BCUT2D eigenvalue weighted by Crippen LogP contribution is 2.26. The normalized spacial score (nSPS) is 22.1. The summed E-state index contributed by atoms with van der Waals surface area (Å²) in [5.74, 6) is -0.0401. The van der Waals surface area contributed by atoms with Crippen molar-refractivity contribution < 1.29 is 14.4 Å². The summed E-state index contributed by atoms with van der Waals surface area (Å²) < 4.78 is 14.4. The molecule has 2 aliphatic rings. The molecule has 1 saturated heterocycles. The van der Waals surface area contributed by atoms with Gasteiger partial charge in [-0.15, -0.1) is 0 Å². The number of likely N-dealkylation sites (tertiary alicyclic amines) is 1. The molecule has 6 nitrogen and oxygen atoms in total. The predicted molar refractivity (Wildman–Crippen MR) is 103 cm³/mol. The predicted octanol–water partition coefficient (Wildman–Crippen LogP) is 3.20. The molecule has 0 radical (unpaired) electrons. The quantitative estimate of drug-likeness (QED) is 0.404. The van der Waals surface area contributed by atoms with E-state index in [1.165, 1.54) is 55.9 Å². The van der Waals surface area contributed by atoms with Gasteiger partial charge in [0.1, 0.15) is 0 Å². The first-order chi connectivity index (χ1) is 13.1. The molecule has 0 aromatic carbocycles. The number of carbonyl (C=O) groups excluding carboxylic acids is 1. The molecule has 1 atom stereocenters. The van der Waals surface area contributed by atoms with E-state index in [9.17, 15) is 9.18 Å². The van der Waals surface area contributed by atoms with E-state index in [4.69, 9.17) is 5.21 Å². The Kier molecular flexibility index (Phi) is 7.18. The van der Waals surface area contributed by atoms with Crippen molar-refractivity contribution in [1.82, 2.24) is 15.4 Å². The molecule has 2 heterocycles. The van der Waals surface area contributed by atoms with Crippen LogP contribution >= 0.6 is 0 Å². The van der Waals surface area contributed by atoms with Crippen LogP contribution in [0.15, 0.2) is 18.3 Å². The number of carbonyl (C=O) groups is 1. The van der Waals surface area contributed by atoms with Gasteiger partial charge in [0.2, 0.25) is 0 Å². The lowest BCUT2D eigenvalue weighted by Crippen LogP contribution is -2.44. The smallest absolute Gasteiger partial charge is 0.267 e. The summed E-state index contributed by atoms with van der Waals surface area (Å²) in [5.41, 5.74) is 1.95. The number of nitrogens with one attached hydrogen (secondary N) is 2. The molecular weight excluding hydrogens is 347 g/mol. The van der Waals surface area contributed by atoms with Crippen molar-refractivity contribution in [2.75, 3.05) is 25.0 Å². The minimum absolute atomic E-state index is 0.200. The van der Waals surface area contributed by atoms with Crippen LogP contribution in [-0.2, 0) is 4.79 Å². The van der Waals surface area contributed by atoms with Crippen molar-refractivity contribution in [2.24, 2.45) is 5.92 Å². The van der Waals surface area contributed by atoms with E-state index >= 15 is 0 Å². The summed E-state index contributed by atoms with van der Waals surface area (Å²) in [4.78, 5) is 17.7. The van der Waals surface area contributed by atoms with Crippen molar-refractivity contribution in [1.29, 1.82) is 0 Å². The molecule has 7 heteroatoms. The number of hydrogen-bond donors (Lipinski definition) is 3. The number of amides is 1. The van der Waals surface area contributed by atoms with E-state index in [-0.39, 0.29) is 11.9 Å². The Balaban J connectivity index is 1.54. The van der Waals surface area contributed by atoms with Gasteiger partial charge in [0.25, 0.3) is 5.91 Å². The topological polar surface area (TPSA) is 77.5 Å². The van der Waals surface area contributed by atoms with Crippen LogP contribution in [0, 0.1) is 11.7 Å². The van der Waals surface area contributed by atoms with E-state index in [0.29, 0.717) is 5.56 Å². The number of hydroxylamine groups is 1. The number of halogens is 1. The van der Waals surface area contributed by atoms with Gasteiger partial charge >= 0.3 is 0 Å². The molecule has 148 valence electrons. The fourth-order valence-electron chi connectivity index (χ4n) is 4.13. The van der Waals surface area contributed by atoms with E-state index in [1.807, 2.05) is 0 Å². The zero-order chi connectivity index (χ0) is 19.1. The van der Waals surface area contributed by atoms with Crippen molar-refractivity contribution in [2.45, 2.75) is 51.0 Å². The molecule has 1 amide bonds. The number of nitrogens with zero attached hydrogens (tertiary/aromatic N) is 2. The molecule has 1 aromatic heterocycles. The molecule has 0 spiro atoms. The van der Waals surface area contributed by atoms with Crippen LogP contribution in [0.1, 0.15) is 50.5 Å². The van der Waals surface area contributed by atoms with Crippen molar-refractivity contribution >= 4 is 17.8 Å². The van der Waals surface area contributed by atoms with Crippen molar-refractivity contribution in [3.63, 3.8) is 0 Å². The van der Waals surface area contributed by atoms with Gasteiger partial charge in [-0.1, -0.05) is 19.3 Å². The van der Waals surface area contributed by atoms with Crippen LogP contribution in [0.3, 0.4) is 0 Å². The second-order valence-corrected chi connectivity index (χ2v) is 7.66. The van der Waals surface area contributed by atoms with Gasteiger partial charge in [-0.25, -0.2) is 14.9 Å². The molecule has 1 aromatic rings. The number of anilines is 1. The molecule has 3 N–H and O–H groups in total. The molecule has 0 bridgehead atoms. The lowest BCUT2D eigenvalue weighted by Gasteiger charge is -2.36. The van der Waals surface area contributed by atoms with E-state index in [2.05, 4.69) is 15.2 Å². The Labute approximate surface area is 159 Å². The number of piperidine rings is 1. The molecular formula is C20H29FN4O2. The second kappa shape index (κ2) is 9.80. The van der Waals surface area contributed by atoms with Crippen LogP contribution in [0.2, 0.25) is 0 Å². The largest absolute Gasteiger partial charge is 0.364 e. The highest BCUT2D eigenvalue weighted by molar-refractivity contribution is 5.90. The van der Waals surface area contributed by atoms with Crippen LogP contribution < -0.4 is 10.8 Å². The van der Waals surface area contributed by atoms with E-state index in [1.54, 1.807) is 0 Å². The van der Waals surface area contributed by atoms with Crippen LogP contribution in [0.5, 0.6) is 0 Å². The first-order valence-electron chi connectivity index (χ1n) is 9.90.